The number of hydrogen-bond donors (Lipinski definition) is 1. The Labute approximate surface area is 280 Å². The number of carbonyl (C=O) groups excluding carboxylic acids is 2. The second-order valence-corrected chi connectivity index (χ2v) is 14.8. The van der Waals surface area contributed by atoms with Crippen LogP contribution in [0.1, 0.15) is 50.4 Å². The molecule has 5 aromatic rings. The number of aromatic nitrogens is 4. The van der Waals surface area contributed by atoms with Crippen LogP contribution in [0, 0.1) is 0 Å². The van der Waals surface area contributed by atoms with Gasteiger partial charge in [-0.05, 0) is 75.1 Å². The van der Waals surface area contributed by atoms with Gasteiger partial charge in [0.05, 0.1) is 17.0 Å². The Balaban J connectivity index is 1.09. The fourth-order valence-corrected chi connectivity index (χ4v) is 7.11. The second kappa shape index (κ2) is 13.6. The number of fused-ring (bicyclic) bond motifs is 1. The summed E-state index contributed by atoms with van der Waals surface area (Å²) < 4.78 is 32.9. The largest absolute Gasteiger partial charge is 0.444 e. The maximum atomic E-state index is 13.2. The summed E-state index contributed by atoms with van der Waals surface area (Å²) in [5.41, 5.74) is 3.93. The molecule has 0 aliphatic carbocycles. The van der Waals surface area contributed by atoms with E-state index in [1.807, 2.05) is 62.1 Å². The number of nitrogens with one attached hydrogen (secondary N) is 1. The molecule has 11 nitrogen and oxygen atoms in total. The van der Waals surface area contributed by atoms with Crippen molar-refractivity contribution in [2.24, 2.45) is 0 Å². The average molecular weight is 667 g/mol. The van der Waals surface area contributed by atoms with Gasteiger partial charge in [-0.25, -0.2) is 32.1 Å². The van der Waals surface area contributed by atoms with Crippen LogP contribution in [-0.2, 0) is 32.4 Å². The number of hydrogen-bond acceptors (Lipinski definition) is 8. The van der Waals surface area contributed by atoms with E-state index in [0.29, 0.717) is 55.5 Å². The lowest BCUT2D eigenvalue weighted by Crippen LogP contribution is -2.48. The van der Waals surface area contributed by atoms with Crippen molar-refractivity contribution in [3.63, 3.8) is 0 Å². The molecule has 1 aliphatic rings. The molecule has 4 heterocycles. The summed E-state index contributed by atoms with van der Waals surface area (Å²) in [6, 6.07) is 21.7. The molecule has 0 bridgehead atoms. The van der Waals surface area contributed by atoms with Gasteiger partial charge in [-0.2, -0.15) is 0 Å². The monoisotopic (exact) mass is 666 g/mol. The lowest BCUT2D eigenvalue weighted by atomic mass is 10.0. The van der Waals surface area contributed by atoms with E-state index >= 15 is 0 Å². The average Bonchev–Trinajstić information content (AvgIpc) is 3.49. The molecule has 248 valence electrons. The first kappa shape index (κ1) is 32.8. The minimum Gasteiger partial charge on any atom is -0.444 e. The van der Waals surface area contributed by atoms with Gasteiger partial charge in [-0.15, -0.1) is 0 Å². The molecule has 0 unspecified atom stereocenters. The normalized spacial score (nSPS) is 14.2. The van der Waals surface area contributed by atoms with Crippen LogP contribution in [0.15, 0.2) is 96.4 Å². The Bertz CT molecular complexity index is 2050. The molecule has 3 aromatic heterocycles. The van der Waals surface area contributed by atoms with Gasteiger partial charge < -0.3 is 15.0 Å². The molecule has 0 atom stereocenters. The first-order valence-corrected chi connectivity index (χ1v) is 17.3. The van der Waals surface area contributed by atoms with Crippen molar-refractivity contribution >= 4 is 33.1 Å². The zero-order valence-electron chi connectivity index (χ0n) is 27.2. The van der Waals surface area contributed by atoms with E-state index in [2.05, 4.69) is 20.3 Å². The molecule has 6 rings (SSSR count). The first-order valence-electron chi connectivity index (χ1n) is 15.9. The van der Waals surface area contributed by atoms with E-state index in [9.17, 15) is 18.0 Å². The molecule has 0 radical (unpaired) electrons. The van der Waals surface area contributed by atoms with Gasteiger partial charge >= 0.3 is 6.09 Å². The number of amides is 2. The van der Waals surface area contributed by atoms with Crippen molar-refractivity contribution in [1.82, 2.24) is 29.1 Å². The zero-order valence-corrected chi connectivity index (χ0v) is 28.0. The lowest BCUT2D eigenvalue weighted by Gasteiger charge is -2.33. The zero-order chi connectivity index (χ0) is 33.9. The van der Waals surface area contributed by atoms with Gasteiger partial charge in [-0.1, -0.05) is 42.5 Å². The van der Waals surface area contributed by atoms with Crippen LogP contribution in [0.25, 0.3) is 22.3 Å². The van der Waals surface area contributed by atoms with Crippen molar-refractivity contribution in [3.05, 3.63) is 108 Å². The minimum absolute atomic E-state index is 0.0143. The summed E-state index contributed by atoms with van der Waals surface area (Å²) in [4.78, 5) is 40.7. The van der Waals surface area contributed by atoms with Gasteiger partial charge in [0.15, 0.2) is 5.65 Å². The highest BCUT2D eigenvalue weighted by Gasteiger charge is 2.26. The van der Waals surface area contributed by atoms with Crippen LogP contribution in [0.3, 0.4) is 0 Å². The summed E-state index contributed by atoms with van der Waals surface area (Å²) in [5, 5.41) is 3.59. The van der Waals surface area contributed by atoms with Gasteiger partial charge in [-0.3, -0.25) is 4.79 Å². The molecular weight excluding hydrogens is 628 g/mol. The van der Waals surface area contributed by atoms with Gasteiger partial charge in [0, 0.05) is 54.6 Å². The van der Waals surface area contributed by atoms with E-state index in [0.717, 1.165) is 22.4 Å². The van der Waals surface area contributed by atoms with Gasteiger partial charge in [0.25, 0.3) is 10.0 Å². The van der Waals surface area contributed by atoms with Crippen molar-refractivity contribution in [2.45, 2.75) is 63.0 Å². The fraction of sp³-hybridized carbons (Fsp3) is 0.306. The predicted octanol–water partition coefficient (Wildman–Crippen LogP) is 5.38. The molecule has 0 saturated carbocycles. The number of likely N-dealkylation sites (tertiary alicyclic amines) is 1. The van der Waals surface area contributed by atoms with Crippen molar-refractivity contribution in [1.29, 1.82) is 0 Å². The number of benzene rings is 2. The molecule has 1 saturated heterocycles. The highest BCUT2D eigenvalue weighted by Crippen LogP contribution is 2.26. The quantitative estimate of drug-likeness (QED) is 0.233. The number of rotatable bonds is 8. The maximum absolute atomic E-state index is 13.2. The van der Waals surface area contributed by atoms with E-state index in [1.165, 1.54) is 16.5 Å². The molecule has 1 fully saturated rings. The molecule has 2 amide bonds. The van der Waals surface area contributed by atoms with Crippen LogP contribution < -0.4 is 5.32 Å². The Kier molecular flexibility index (Phi) is 9.27. The maximum Gasteiger partial charge on any atom is 0.407 e. The Morgan fingerprint density at radius 3 is 2.42 bits per heavy atom. The van der Waals surface area contributed by atoms with E-state index in [1.54, 1.807) is 42.6 Å². The highest BCUT2D eigenvalue weighted by atomic mass is 32.2. The Morgan fingerprint density at radius 2 is 1.67 bits per heavy atom. The van der Waals surface area contributed by atoms with Crippen molar-refractivity contribution in [2.75, 3.05) is 13.1 Å². The summed E-state index contributed by atoms with van der Waals surface area (Å²) >= 11 is 0. The van der Waals surface area contributed by atoms with E-state index < -0.39 is 21.7 Å². The highest BCUT2D eigenvalue weighted by molar-refractivity contribution is 7.90. The van der Waals surface area contributed by atoms with E-state index in [-0.39, 0.29) is 16.8 Å². The van der Waals surface area contributed by atoms with Crippen molar-refractivity contribution < 1.29 is 22.7 Å². The summed E-state index contributed by atoms with van der Waals surface area (Å²) in [7, 11) is -3.78. The number of ether oxygens (including phenoxy) is 1. The standard InChI is InChI=1S/C36H38N6O5S/c1-36(2,3)47-35(44)40-29-13-15-41(16-14-29)33(43)20-26-9-7-8-25(18-26)19-30-22-32(39-24-38-30)28-21-27-12-17-42(34(27)37-23-28)48(45,46)31-10-5-4-6-11-31/h4-12,17-18,21-24,29H,13-16,19-20H2,1-3H3,(H,40,44). The third-order valence-electron chi connectivity index (χ3n) is 8.11. The number of piperidine rings is 1. The van der Waals surface area contributed by atoms with Gasteiger partial charge in [0.1, 0.15) is 11.9 Å². The van der Waals surface area contributed by atoms with Crippen LogP contribution in [0.4, 0.5) is 4.79 Å². The molecule has 0 spiro atoms. The SMILES string of the molecule is CC(C)(C)OC(=O)NC1CCN(C(=O)Cc2cccc(Cc3cc(-c4cnc5c(ccn5S(=O)(=O)c5ccccc5)c4)ncn3)c2)CC1. The number of pyridine rings is 1. The molecule has 1 aliphatic heterocycles. The third kappa shape index (κ3) is 7.71. The molecule has 12 heteroatoms. The van der Waals surface area contributed by atoms with Crippen molar-refractivity contribution in [3.8, 4) is 11.3 Å². The number of alkyl carbamates (subject to hydrolysis) is 1. The fourth-order valence-electron chi connectivity index (χ4n) is 5.78. The van der Waals surface area contributed by atoms with Crippen LogP contribution in [0.5, 0.6) is 0 Å². The molecule has 2 aromatic carbocycles. The molecule has 1 N–H and O–H groups in total. The first-order chi connectivity index (χ1) is 22.9. The van der Waals surface area contributed by atoms with Crippen LogP contribution >= 0.6 is 0 Å². The number of nitrogens with zero attached hydrogens (tertiary/aromatic N) is 5. The molecule has 48 heavy (non-hydrogen) atoms. The Hall–Kier alpha value is -5.10. The smallest absolute Gasteiger partial charge is 0.407 e. The Morgan fingerprint density at radius 1 is 0.917 bits per heavy atom. The minimum atomic E-state index is -3.78. The lowest BCUT2D eigenvalue weighted by molar-refractivity contribution is -0.131. The van der Waals surface area contributed by atoms with E-state index in [4.69, 9.17) is 4.74 Å². The third-order valence-corrected chi connectivity index (χ3v) is 9.79. The van der Waals surface area contributed by atoms with Crippen LogP contribution in [-0.4, -0.2) is 69.0 Å². The number of carbonyl (C=O) groups is 2. The topological polar surface area (TPSA) is 136 Å². The summed E-state index contributed by atoms with van der Waals surface area (Å²) in [6.07, 6.45) is 6.41. The van der Waals surface area contributed by atoms with Crippen LogP contribution in [0.2, 0.25) is 0 Å². The summed E-state index contributed by atoms with van der Waals surface area (Å²) in [5.74, 6) is 0.0560. The molecular formula is C36H38N6O5S. The second-order valence-electron chi connectivity index (χ2n) is 12.9. The van der Waals surface area contributed by atoms with Gasteiger partial charge in [0.2, 0.25) is 5.91 Å². The predicted molar refractivity (Wildman–Crippen MR) is 182 cm³/mol. The summed E-state index contributed by atoms with van der Waals surface area (Å²) in [6.45, 7) is 6.65.